The number of nitrogens with two attached hydrogens (primary N) is 1. The van der Waals surface area contributed by atoms with E-state index in [0.29, 0.717) is 0 Å². The average Bonchev–Trinajstić information content (AvgIpc) is 1.36. The van der Waals surface area contributed by atoms with Crippen molar-refractivity contribution in [2.75, 3.05) is 0 Å². The van der Waals surface area contributed by atoms with Gasteiger partial charge in [-0.2, -0.15) is 0 Å². The van der Waals surface area contributed by atoms with Crippen LogP contribution in [0.5, 0.6) is 0 Å². The quantitative estimate of drug-likeness (QED) is 0.464. The third kappa shape index (κ3) is 2.18. The van der Waals surface area contributed by atoms with Crippen molar-refractivity contribution in [3.63, 3.8) is 0 Å². The highest BCUT2D eigenvalue weighted by atomic mass is 16.3. The summed E-state index contributed by atoms with van der Waals surface area (Å²) >= 11 is 0. The zero-order chi connectivity index (χ0) is 5.15. The van der Waals surface area contributed by atoms with Crippen molar-refractivity contribution in [2.45, 2.75) is 26.0 Å². The van der Waals surface area contributed by atoms with Gasteiger partial charge in [0, 0.05) is 6.04 Å². The van der Waals surface area contributed by atoms with Crippen molar-refractivity contribution in [1.82, 2.24) is 0 Å². The molecule has 0 aromatic carbocycles. The van der Waals surface area contributed by atoms with Gasteiger partial charge in [-0.1, -0.05) is 0 Å². The molecule has 0 saturated heterocycles. The smallest absolute Gasteiger partial charge is 0.0660 e. The van der Waals surface area contributed by atoms with Crippen LogP contribution in [0.3, 0.4) is 0 Å². The Balaban J connectivity index is 2.99. The summed E-state index contributed by atoms with van der Waals surface area (Å²) in [5.74, 6) is 0. The fourth-order valence-corrected chi connectivity index (χ4v) is 0. The van der Waals surface area contributed by atoms with E-state index in [2.05, 4.69) is 0 Å². The lowest BCUT2D eigenvalue weighted by Gasteiger charge is -2.04. The molecule has 0 fully saturated rings. The standard InChI is InChI=1S/C4H11NO/c1-3(5)4(2)6/h3-4,6H,5H2,1-2H3/t3-,4+/m0/s1. The topological polar surface area (TPSA) is 46.2 Å². The predicted molar refractivity (Wildman–Crippen MR) is 25.3 cm³/mol. The summed E-state index contributed by atoms with van der Waals surface area (Å²) in [5.41, 5.74) is 5.19. The van der Waals surface area contributed by atoms with E-state index >= 15 is 0 Å². The largest absolute Gasteiger partial charge is 0.392 e. The van der Waals surface area contributed by atoms with Crippen molar-refractivity contribution < 1.29 is 5.11 Å². The molecule has 0 rings (SSSR count). The van der Waals surface area contributed by atoms with Crippen molar-refractivity contribution in [2.24, 2.45) is 5.73 Å². The summed E-state index contributed by atoms with van der Waals surface area (Å²) < 4.78 is 0. The summed E-state index contributed by atoms with van der Waals surface area (Å²) in [6.45, 7) is 3.44. The molecule has 0 saturated carbocycles. The van der Waals surface area contributed by atoms with Gasteiger partial charge in [-0.25, -0.2) is 0 Å². The summed E-state index contributed by atoms with van der Waals surface area (Å²) in [5, 5.41) is 8.50. The monoisotopic (exact) mass is 89.1 g/mol. The van der Waals surface area contributed by atoms with E-state index in [1.54, 1.807) is 13.8 Å². The summed E-state index contributed by atoms with van der Waals surface area (Å²) in [6.07, 6.45) is -0.370. The molecule has 0 radical (unpaired) electrons. The molecule has 3 N–H and O–H groups in total. The van der Waals surface area contributed by atoms with Gasteiger partial charge in [-0.3, -0.25) is 0 Å². The lowest BCUT2D eigenvalue weighted by atomic mass is 10.2. The van der Waals surface area contributed by atoms with E-state index in [0.717, 1.165) is 0 Å². The Bertz CT molecular complexity index is 28.5. The lowest BCUT2D eigenvalue weighted by Crippen LogP contribution is -2.28. The third-order valence-corrected chi connectivity index (χ3v) is 0.761. The second-order valence-electron chi connectivity index (χ2n) is 1.60. The van der Waals surface area contributed by atoms with Crippen LogP contribution in [-0.4, -0.2) is 17.3 Å². The van der Waals surface area contributed by atoms with E-state index in [1.165, 1.54) is 0 Å². The molecule has 0 aromatic rings. The molecule has 6 heavy (non-hydrogen) atoms. The van der Waals surface area contributed by atoms with E-state index in [9.17, 15) is 0 Å². The Morgan fingerprint density at radius 1 is 1.50 bits per heavy atom. The molecule has 0 spiro atoms. The number of aliphatic hydroxyl groups is 1. The fraction of sp³-hybridized carbons (Fsp3) is 1.00. The first-order valence-electron chi connectivity index (χ1n) is 2.08. The molecule has 0 amide bonds. The SMILES string of the molecule is C[C@H](N)[C@@H](C)O. The number of hydrogen-bond donors (Lipinski definition) is 2. The van der Waals surface area contributed by atoms with Gasteiger partial charge >= 0.3 is 0 Å². The van der Waals surface area contributed by atoms with Gasteiger partial charge < -0.3 is 10.8 Å². The molecule has 0 bridgehead atoms. The molecular formula is C4H11NO. The van der Waals surface area contributed by atoms with E-state index < -0.39 is 0 Å². The van der Waals surface area contributed by atoms with Crippen molar-refractivity contribution >= 4 is 0 Å². The molecule has 2 nitrogen and oxygen atoms in total. The van der Waals surface area contributed by atoms with Gasteiger partial charge in [0.05, 0.1) is 6.10 Å². The average molecular weight is 89.1 g/mol. The first-order valence-corrected chi connectivity index (χ1v) is 2.08. The highest BCUT2D eigenvalue weighted by molar-refractivity contribution is 4.57. The van der Waals surface area contributed by atoms with Crippen LogP contribution in [0.1, 0.15) is 13.8 Å². The number of aliphatic hydroxyl groups excluding tert-OH is 1. The maximum Gasteiger partial charge on any atom is 0.0660 e. The van der Waals surface area contributed by atoms with Crippen LogP contribution in [0.2, 0.25) is 0 Å². The fourth-order valence-electron chi connectivity index (χ4n) is 0. The maximum absolute atomic E-state index is 8.50. The van der Waals surface area contributed by atoms with E-state index in [4.69, 9.17) is 10.8 Å². The molecule has 0 heterocycles. The van der Waals surface area contributed by atoms with Gasteiger partial charge in [-0.15, -0.1) is 0 Å². The van der Waals surface area contributed by atoms with Gasteiger partial charge in [0.1, 0.15) is 0 Å². The van der Waals surface area contributed by atoms with Crippen LogP contribution in [0.15, 0.2) is 0 Å². The Hall–Kier alpha value is -0.0800. The van der Waals surface area contributed by atoms with Crippen molar-refractivity contribution in [3.05, 3.63) is 0 Å². The minimum Gasteiger partial charge on any atom is -0.392 e. The summed E-state index contributed by atoms with van der Waals surface area (Å²) in [4.78, 5) is 0. The van der Waals surface area contributed by atoms with Crippen molar-refractivity contribution in [3.8, 4) is 0 Å². The Morgan fingerprint density at radius 3 is 1.67 bits per heavy atom. The number of rotatable bonds is 1. The summed E-state index contributed by atoms with van der Waals surface area (Å²) in [7, 11) is 0. The van der Waals surface area contributed by atoms with Gasteiger partial charge in [-0.05, 0) is 13.8 Å². The Morgan fingerprint density at radius 2 is 1.67 bits per heavy atom. The molecule has 2 heteroatoms. The minimum atomic E-state index is -0.370. The highest BCUT2D eigenvalue weighted by Gasteiger charge is 1.97. The third-order valence-electron chi connectivity index (χ3n) is 0.761. The van der Waals surface area contributed by atoms with E-state index in [1.807, 2.05) is 0 Å². The van der Waals surface area contributed by atoms with Crippen molar-refractivity contribution in [1.29, 1.82) is 0 Å². The van der Waals surface area contributed by atoms with Crippen LogP contribution in [0.25, 0.3) is 0 Å². The zero-order valence-corrected chi connectivity index (χ0v) is 4.18. The molecule has 0 aliphatic rings. The normalized spacial score (nSPS) is 20.0. The second kappa shape index (κ2) is 2.16. The Kier molecular flexibility index (Phi) is 2.13. The number of hydrogen-bond acceptors (Lipinski definition) is 2. The first kappa shape index (κ1) is 5.92. The molecule has 0 unspecified atom stereocenters. The van der Waals surface area contributed by atoms with Crippen LogP contribution in [0.4, 0.5) is 0 Å². The molecule has 0 aromatic heterocycles. The first-order chi connectivity index (χ1) is 2.64. The maximum atomic E-state index is 8.50. The molecule has 0 aliphatic carbocycles. The predicted octanol–water partition coefficient (Wildman–Crippen LogP) is -0.286. The molecule has 38 valence electrons. The lowest BCUT2D eigenvalue weighted by molar-refractivity contribution is 0.170. The van der Waals surface area contributed by atoms with Gasteiger partial charge in [0.25, 0.3) is 0 Å². The molecule has 2 atom stereocenters. The zero-order valence-electron chi connectivity index (χ0n) is 4.18. The van der Waals surface area contributed by atoms with Crippen LogP contribution in [0, 0.1) is 0 Å². The van der Waals surface area contributed by atoms with E-state index in [-0.39, 0.29) is 12.1 Å². The molecular weight excluding hydrogens is 78.0 g/mol. The molecule has 0 aliphatic heterocycles. The van der Waals surface area contributed by atoms with Crippen LogP contribution < -0.4 is 5.73 Å². The summed E-state index contributed by atoms with van der Waals surface area (Å²) in [6, 6.07) is -0.0926. The second-order valence-corrected chi connectivity index (χ2v) is 1.60. The van der Waals surface area contributed by atoms with Gasteiger partial charge in [0.2, 0.25) is 0 Å². The van der Waals surface area contributed by atoms with Crippen LogP contribution in [-0.2, 0) is 0 Å². The minimum absolute atomic E-state index is 0.0926. The van der Waals surface area contributed by atoms with Crippen LogP contribution >= 0.6 is 0 Å². The Labute approximate surface area is 38.0 Å². The van der Waals surface area contributed by atoms with Gasteiger partial charge in [0.15, 0.2) is 0 Å². The highest BCUT2D eigenvalue weighted by Crippen LogP contribution is 1.81.